The van der Waals surface area contributed by atoms with E-state index in [0.29, 0.717) is 12.6 Å². The summed E-state index contributed by atoms with van der Waals surface area (Å²) in [5, 5.41) is 0. The van der Waals surface area contributed by atoms with Crippen LogP contribution in [0.3, 0.4) is 0 Å². The van der Waals surface area contributed by atoms with Crippen molar-refractivity contribution in [3.63, 3.8) is 0 Å². The normalized spacial score (nSPS) is 11.5. The number of rotatable bonds is 17. The molecule has 1 aromatic heterocycles. The van der Waals surface area contributed by atoms with Crippen molar-refractivity contribution in [1.29, 1.82) is 0 Å². The first-order valence-electron chi connectivity index (χ1n) is 12.7. The van der Waals surface area contributed by atoms with Gasteiger partial charge in [-0.2, -0.15) is 0 Å². The van der Waals surface area contributed by atoms with E-state index < -0.39 is 8.07 Å². The Labute approximate surface area is 197 Å². The average Bonchev–Trinajstić information content (AvgIpc) is 2.80. The number of aromatic nitrogens is 2. The van der Waals surface area contributed by atoms with Crippen molar-refractivity contribution >= 4 is 8.07 Å². The minimum Gasteiger partial charge on any atom is -0.494 e. The van der Waals surface area contributed by atoms with E-state index in [1.165, 1.54) is 57.0 Å². The Balaban J connectivity index is 1.68. The fourth-order valence-electron chi connectivity index (χ4n) is 3.83. The number of ether oxygens (including phenoxy) is 2. The Bertz CT molecular complexity index is 732. The van der Waals surface area contributed by atoms with E-state index in [1.807, 2.05) is 24.5 Å². The molecule has 4 nitrogen and oxygen atoms in total. The molecule has 0 N–H and O–H groups in total. The van der Waals surface area contributed by atoms with Crippen LogP contribution in [0.1, 0.15) is 71.6 Å². The highest BCUT2D eigenvalue weighted by Crippen LogP contribution is 2.23. The summed E-state index contributed by atoms with van der Waals surface area (Å²) in [4.78, 5) is 8.72. The van der Waals surface area contributed by atoms with Crippen molar-refractivity contribution < 1.29 is 9.47 Å². The Morgan fingerprint density at radius 1 is 0.656 bits per heavy atom. The summed E-state index contributed by atoms with van der Waals surface area (Å²) in [6.07, 6.45) is 14.9. The van der Waals surface area contributed by atoms with Gasteiger partial charge in [0.1, 0.15) is 5.75 Å². The third-order valence-electron chi connectivity index (χ3n) is 6.02. The number of hydrogen-bond acceptors (Lipinski definition) is 4. The fourth-order valence-corrected chi connectivity index (χ4v) is 6.60. The van der Waals surface area contributed by atoms with Gasteiger partial charge in [0.15, 0.2) is 0 Å². The predicted molar refractivity (Wildman–Crippen MR) is 138 cm³/mol. The maximum absolute atomic E-state index is 5.96. The molecule has 0 aliphatic heterocycles. The van der Waals surface area contributed by atoms with E-state index in [-0.39, 0.29) is 0 Å². The maximum Gasteiger partial charge on any atom is 0.316 e. The van der Waals surface area contributed by atoms with Crippen molar-refractivity contribution in [3.05, 3.63) is 36.7 Å². The van der Waals surface area contributed by atoms with Crippen LogP contribution in [-0.2, 0) is 0 Å². The molecule has 0 aliphatic rings. The van der Waals surface area contributed by atoms with Crippen LogP contribution in [0, 0.1) is 0 Å². The van der Waals surface area contributed by atoms with Gasteiger partial charge in [0.2, 0.25) is 0 Å². The molecule has 2 aromatic rings. The van der Waals surface area contributed by atoms with Gasteiger partial charge in [0.05, 0.1) is 13.2 Å². The molecule has 0 amide bonds. The van der Waals surface area contributed by atoms with Crippen molar-refractivity contribution in [2.75, 3.05) is 13.2 Å². The zero-order chi connectivity index (χ0) is 23.1. The van der Waals surface area contributed by atoms with Crippen LogP contribution in [-0.4, -0.2) is 31.3 Å². The van der Waals surface area contributed by atoms with Crippen molar-refractivity contribution in [2.24, 2.45) is 0 Å². The summed E-state index contributed by atoms with van der Waals surface area (Å²) >= 11 is 0. The lowest BCUT2D eigenvalue weighted by molar-refractivity contribution is 0.281. The SMILES string of the molecule is CCCCCCCOc1ncc(-c2ccc(OCCCC[Si](C)(C)CCCC)cc2)cn1. The summed E-state index contributed by atoms with van der Waals surface area (Å²) < 4.78 is 11.6. The summed E-state index contributed by atoms with van der Waals surface area (Å²) in [7, 11) is -0.994. The quantitative estimate of drug-likeness (QED) is 0.178. The second-order valence-electron chi connectivity index (χ2n) is 9.61. The molecule has 5 heteroatoms. The van der Waals surface area contributed by atoms with Crippen LogP contribution in [0.2, 0.25) is 25.2 Å². The van der Waals surface area contributed by atoms with Crippen LogP contribution in [0.15, 0.2) is 36.7 Å². The van der Waals surface area contributed by atoms with Gasteiger partial charge in [-0.15, -0.1) is 0 Å². The molecule has 0 saturated heterocycles. The Morgan fingerprint density at radius 3 is 1.94 bits per heavy atom. The Kier molecular flexibility index (Phi) is 12.4. The third-order valence-corrected chi connectivity index (χ3v) is 9.43. The van der Waals surface area contributed by atoms with Crippen LogP contribution in [0.5, 0.6) is 11.8 Å². The first kappa shape index (κ1) is 26.4. The monoisotopic (exact) mass is 456 g/mol. The van der Waals surface area contributed by atoms with Gasteiger partial charge in [-0.05, 0) is 30.5 Å². The first-order valence-corrected chi connectivity index (χ1v) is 16.1. The number of hydrogen-bond donors (Lipinski definition) is 0. The van der Waals surface area contributed by atoms with E-state index in [1.54, 1.807) is 0 Å². The minimum atomic E-state index is -0.994. The van der Waals surface area contributed by atoms with Crippen molar-refractivity contribution in [2.45, 2.75) is 96.8 Å². The molecule has 0 unspecified atom stereocenters. The van der Waals surface area contributed by atoms with Crippen LogP contribution < -0.4 is 9.47 Å². The van der Waals surface area contributed by atoms with E-state index in [0.717, 1.165) is 36.3 Å². The molecular formula is C27H44N2O2Si. The topological polar surface area (TPSA) is 44.2 Å². The minimum absolute atomic E-state index is 0.463. The van der Waals surface area contributed by atoms with E-state index in [2.05, 4.69) is 49.0 Å². The van der Waals surface area contributed by atoms with Gasteiger partial charge in [0.25, 0.3) is 0 Å². The number of unbranched alkanes of at least 4 members (excludes halogenated alkanes) is 6. The second-order valence-corrected chi connectivity index (χ2v) is 14.9. The fraction of sp³-hybridized carbons (Fsp3) is 0.630. The highest BCUT2D eigenvalue weighted by molar-refractivity contribution is 6.77. The maximum atomic E-state index is 5.96. The zero-order valence-corrected chi connectivity index (χ0v) is 21.9. The number of benzene rings is 1. The number of nitrogens with zero attached hydrogens (tertiary/aromatic N) is 2. The molecule has 1 aromatic carbocycles. The van der Waals surface area contributed by atoms with Gasteiger partial charge in [0, 0.05) is 26.0 Å². The molecule has 0 spiro atoms. The molecule has 0 aliphatic carbocycles. The molecule has 32 heavy (non-hydrogen) atoms. The van der Waals surface area contributed by atoms with E-state index in [9.17, 15) is 0 Å². The lowest BCUT2D eigenvalue weighted by Crippen LogP contribution is -2.24. The molecule has 0 radical (unpaired) electrons. The van der Waals surface area contributed by atoms with Crippen LogP contribution in [0.4, 0.5) is 0 Å². The van der Waals surface area contributed by atoms with Crippen LogP contribution >= 0.6 is 0 Å². The van der Waals surface area contributed by atoms with E-state index in [4.69, 9.17) is 9.47 Å². The van der Waals surface area contributed by atoms with E-state index >= 15 is 0 Å². The summed E-state index contributed by atoms with van der Waals surface area (Å²) in [6.45, 7) is 11.1. The zero-order valence-electron chi connectivity index (χ0n) is 20.9. The first-order chi connectivity index (χ1) is 15.5. The van der Waals surface area contributed by atoms with Gasteiger partial charge in [-0.25, -0.2) is 9.97 Å². The van der Waals surface area contributed by atoms with Gasteiger partial charge >= 0.3 is 6.01 Å². The third kappa shape index (κ3) is 10.6. The standard InChI is InChI=1S/C27H44N2O2Si/c1-5-7-9-10-11-19-31-27-28-22-25(23-29-27)24-14-16-26(17-15-24)30-18-12-13-21-32(3,4)20-8-6-2/h14-17,22-23H,5-13,18-21H2,1-4H3. The lowest BCUT2D eigenvalue weighted by Gasteiger charge is -2.21. The Hall–Kier alpha value is -1.88. The lowest BCUT2D eigenvalue weighted by atomic mass is 10.1. The summed E-state index contributed by atoms with van der Waals surface area (Å²) in [6, 6.07) is 11.6. The highest BCUT2D eigenvalue weighted by Gasteiger charge is 2.18. The average molecular weight is 457 g/mol. The molecule has 0 saturated carbocycles. The molecule has 0 fully saturated rings. The van der Waals surface area contributed by atoms with Crippen molar-refractivity contribution in [1.82, 2.24) is 9.97 Å². The Morgan fingerprint density at radius 2 is 1.25 bits per heavy atom. The van der Waals surface area contributed by atoms with Crippen molar-refractivity contribution in [3.8, 4) is 22.9 Å². The second kappa shape index (κ2) is 15.0. The largest absolute Gasteiger partial charge is 0.494 e. The molecule has 0 atom stereocenters. The summed E-state index contributed by atoms with van der Waals surface area (Å²) in [5.74, 6) is 0.931. The molecule has 0 bridgehead atoms. The molecule has 2 rings (SSSR count). The van der Waals surface area contributed by atoms with Crippen LogP contribution in [0.25, 0.3) is 11.1 Å². The summed E-state index contributed by atoms with van der Waals surface area (Å²) in [5.41, 5.74) is 2.08. The smallest absolute Gasteiger partial charge is 0.316 e. The van der Waals surface area contributed by atoms with Gasteiger partial charge < -0.3 is 9.47 Å². The van der Waals surface area contributed by atoms with Gasteiger partial charge in [-0.1, -0.05) is 96.1 Å². The molecule has 178 valence electrons. The predicted octanol–water partition coefficient (Wildman–Crippen LogP) is 8.16. The molecule has 1 heterocycles. The molecular weight excluding hydrogens is 412 g/mol. The highest BCUT2D eigenvalue weighted by atomic mass is 28.3. The van der Waals surface area contributed by atoms with Gasteiger partial charge in [-0.3, -0.25) is 0 Å².